The van der Waals surface area contributed by atoms with Gasteiger partial charge in [0.05, 0.1) is 5.69 Å². The summed E-state index contributed by atoms with van der Waals surface area (Å²) in [5.41, 5.74) is 3.15. The van der Waals surface area contributed by atoms with Crippen molar-refractivity contribution in [2.24, 2.45) is 0 Å². The van der Waals surface area contributed by atoms with Gasteiger partial charge in [0.2, 0.25) is 0 Å². The lowest BCUT2D eigenvalue weighted by molar-refractivity contribution is -0.119. The smallest absolute Gasteiger partial charge is 0.258 e. The van der Waals surface area contributed by atoms with E-state index in [0.29, 0.717) is 5.69 Å². The highest BCUT2D eigenvalue weighted by atomic mass is 16.2. The molecular weight excluding hydrogens is 214 g/mol. The molecule has 0 spiro atoms. The molecule has 1 aromatic rings. The lowest BCUT2D eigenvalue weighted by Gasteiger charge is -2.17. The molecule has 0 radical (unpaired) electrons. The minimum absolute atomic E-state index is 0.273. The third kappa shape index (κ3) is 1.60. The lowest BCUT2D eigenvalue weighted by atomic mass is 9.92. The predicted molar refractivity (Wildman–Crippen MR) is 65.3 cm³/mol. The maximum Gasteiger partial charge on any atom is 0.258 e. The van der Waals surface area contributed by atoms with Crippen LogP contribution in [0.5, 0.6) is 0 Å². The van der Waals surface area contributed by atoms with Crippen LogP contribution in [0.25, 0.3) is 5.57 Å². The second kappa shape index (κ2) is 3.70. The van der Waals surface area contributed by atoms with E-state index in [4.69, 9.17) is 0 Å². The van der Waals surface area contributed by atoms with Gasteiger partial charge < -0.3 is 0 Å². The standard InChI is InChI=1S/C14H11NO2/c16-13-8-9-14(17)15(13)12-6-4-11(5-7-12)10-2-1-3-10/h2,4-9H,1,3H2. The number of amides is 2. The number of rotatable bonds is 2. The Morgan fingerprint density at radius 1 is 0.941 bits per heavy atom. The van der Waals surface area contributed by atoms with Crippen molar-refractivity contribution >= 4 is 23.1 Å². The molecular formula is C14H11NO2. The first kappa shape index (κ1) is 10.0. The second-order valence-corrected chi connectivity index (χ2v) is 4.16. The first-order valence-corrected chi connectivity index (χ1v) is 5.61. The second-order valence-electron chi connectivity index (χ2n) is 4.16. The van der Waals surface area contributed by atoms with Gasteiger partial charge in [-0.2, -0.15) is 0 Å². The lowest BCUT2D eigenvalue weighted by Crippen LogP contribution is -2.29. The molecule has 3 heteroatoms. The molecule has 0 unspecified atom stereocenters. The minimum atomic E-state index is -0.273. The van der Waals surface area contributed by atoms with E-state index in [-0.39, 0.29) is 11.8 Å². The average Bonchev–Trinajstić information content (AvgIpc) is 2.58. The van der Waals surface area contributed by atoms with Crippen LogP contribution in [-0.4, -0.2) is 11.8 Å². The molecule has 3 nitrogen and oxygen atoms in total. The summed E-state index contributed by atoms with van der Waals surface area (Å²) < 4.78 is 0. The Bertz CT molecular complexity index is 534. The van der Waals surface area contributed by atoms with Crippen molar-refractivity contribution in [2.45, 2.75) is 12.8 Å². The van der Waals surface area contributed by atoms with Crippen LogP contribution in [0.2, 0.25) is 0 Å². The molecule has 3 rings (SSSR count). The normalized spacial score (nSPS) is 18.4. The van der Waals surface area contributed by atoms with Crippen molar-refractivity contribution in [3.8, 4) is 0 Å². The SMILES string of the molecule is O=C1C=CC(=O)N1c1ccc(C2=CCC2)cc1. The summed E-state index contributed by atoms with van der Waals surface area (Å²) in [6.45, 7) is 0. The fraction of sp³-hybridized carbons (Fsp3) is 0.143. The van der Waals surface area contributed by atoms with Crippen LogP contribution in [0.15, 0.2) is 42.5 Å². The van der Waals surface area contributed by atoms with E-state index >= 15 is 0 Å². The highest BCUT2D eigenvalue weighted by Gasteiger charge is 2.24. The van der Waals surface area contributed by atoms with Crippen LogP contribution in [-0.2, 0) is 9.59 Å². The molecule has 0 N–H and O–H groups in total. The molecule has 1 aromatic carbocycles. The highest BCUT2D eigenvalue weighted by Crippen LogP contribution is 2.30. The Balaban J connectivity index is 1.89. The van der Waals surface area contributed by atoms with E-state index in [1.54, 1.807) is 0 Å². The number of carbonyl (C=O) groups is 2. The van der Waals surface area contributed by atoms with Crippen molar-refractivity contribution < 1.29 is 9.59 Å². The Labute approximate surface area is 99.0 Å². The van der Waals surface area contributed by atoms with Crippen molar-refractivity contribution in [3.63, 3.8) is 0 Å². The minimum Gasteiger partial charge on any atom is -0.269 e. The van der Waals surface area contributed by atoms with Gasteiger partial charge in [-0.25, -0.2) is 4.90 Å². The highest BCUT2D eigenvalue weighted by molar-refractivity contribution is 6.28. The number of anilines is 1. The van der Waals surface area contributed by atoms with Crippen LogP contribution < -0.4 is 4.90 Å². The molecule has 0 bridgehead atoms. The summed E-state index contributed by atoms with van der Waals surface area (Å²) in [6, 6.07) is 7.55. The summed E-state index contributed by atoms with van der Waals surface area (Å²) in [5, 5.41) is 0. The number of hydrogen-bond donors (Lipinski definition) is 0. The van der Waals surface area contributed by atoms with E-state index in [2.05, 4.69) is 6.08 Å². The fourth-order valence-corrected chi connectivity index (χ4v) is 2.03. The molecule has 2 amide bonds. The quantitative estimate of drug-likeness (QED) is 0.724. The van der Waals surface area contributed by atoms with Crippen molar-refractivity contribution in [2.75, 3.05) is 4.90 Å². The van der Waals surface area contributed by atoms with Gasteiger partial charge in [-0.3, -0.25) is 9.59 Å². The van der Waals surface area contributed by atoms with Gasteiger partial charge in [0.1, 0.15) is 0 Å². The van der Waals surface area contributed by atoms with Gasteiger partial charge in [0.15, 0.2) is 0 Å². The average molecular weight is 225 g/mol. The molecule has 17 heavy (non-hydrogen) atoms. The Morgan fingerprint density at radius 2 is 1.53 bits per heavy atom. The number of imide groups is 1. The van der Waals surface area contributed by atoms with Crippen molar-refractivity contribution in [1.82, 2.24) is 0 Å². The molecule has 1 aliphatic heterocycles. The van der Waals surface area contributed by atoms with Crippen LogP contribution in [0.1, 0.15) is 18.4 Å². The van der Waals surface area contributed by atoms with Gasteiger partial charge in [-0.1, -0.05) is 18.2 Å². The predicted octanol–water partition coefficient (Wildman–Crippen LogP) is 2.29. The first-order valence-electron chi connectivity index (χ1n) is 5.61. The molecule has 0 saturated carbocycles. The molecule has 0 fully saturated rings. The van der Waals surface area contributed by atoms with Crippen LogP contribution in [0, 0.1) is 0 Å². The fourth-order valence-electron chi connectivity index (χ4n) is 2.03. The van der Waals surface area contributed by atoms with Crippen LogP contribution in [0.4, 0.5) is 5.69 Å². The number of benzene rings is 1. The van der Waals surface area contributed by atoms with Crippen molar-refractivity contribution in [1.29, 1.82) is 0 Å². The Kier molecular flexibility index (Phi) is 2.18. The van der Waals surface area contributed by atoms with Crippen LogP contribution >= 0.6 is 0 Å². The van der Waals surface area contributed by atoms with Gasteiger partial charge in [-0.15, -0.1) is 0 Å². The largest absolute Gasteiger partial charge is 0.269 e. The molecule has 1 heterocycles. The molecule has 0 saturated heterocycles. The van der Waals surface area contributed by atoms with E-state index in [9.17, 15) is 9.59 Å². The summed E-state index contributed by atoms with van der Waals surface area (Å²) >= 11 is 0. The summed E-state index contributed by atoms with van der Waals surface area (Å²) in [6.07, 6.45) is 7.05. The summed E-state index contributed by atoms with van der Waals surface area (Å²) in [5.74, 6) is -0.545. The number of hydrogen-bond acceptors (Lipinski definition) is 2. The van der Waals surface area contributed by atoms with Crippen LogP contribution in [0.3, 0.4) is 0 Å². The topological polar surface area (TPSA) is 37.4 Å². The summed E-state index contributed by atoms with van der Waals surface area (Å²) in [7, 11) is 0. The van der Waals surface area contributed by atoms with E-state index < -0.39 is 0 Å². The number of carbonyl (C=O) groups excluding carboxylic acids is 2. The van der Waals surface area contributed by atoms with Gasteiger partial charge in [0, 0.05) is 12.2 Å². The molecule has 2 aliphatic rings. The maximum atomic E-state index is 11.5. The zero-order valence-electron chi connectivity index (χ0n) is 9.22. The zero-order chi connectivity index (χ0) is 11.8. The Morgan fingerprint density at radius 3 is 2.00 bits per heavy atom. The molecule has 0 atom stereocenters. The third-order valence-electron chi connectivity index (χ3n) is 3.11. The first-order chi connectivity index (χ1) is 8.25. The molecule has 84 valence electrons. The summed E-state index contributed by atoms with van der Waals surface area (Å²) in [4.78, 5) is 24.1. The van der Waals surface area contributed by atoms with Crippen molar-refractivity contribution in [3.05, 3.63) is 48.1 Å². The Hall–Kier alpha value is -2.16. The molecule has 1 aliphatic carbocycles. The number of nitrogens with zero attached hydrogens (tertiary/aromatic N) is 1. The van der Waals surface area contributed by atoms with E-state index in [1.165, 1.54) is 28.2 Å². The van der Waals surface area contributed by atoms with Gasteiger partial charge >= 0.3 is 0 Å². The monoisotopic (exact) mass is 225 g/mol. The van der Waals surface area contributed by atoms with Gasteiger partial charge in [0.25, 0.3) is 11.8 Å². The third-order valence-corrected chi connectivity index (χ3v) is 3.11. The van der Waals surface area contributed by atoms with Gasteiger partial charge in [-0.05, 0) is 36.1 Å². The van der Waals surface area contributed by atoms with E-state index in [1.807, 2.05) is 24.3 Å². The molecule has 0 aromatic heterocycles. The zero-order valence-corrected chi connectivity index (χ0v) is 9.22. The van der Waals surface area contributed by atoms with E-state index in [0.717, 1.165) is 12.8 Å². The number of allylic oxidation sites excluding steroid dienone is 2. The maximum absolute atomic E-state index is 11.5.